The molecule has 0 atom stereocenters. The Morgan fingerprint density at radius 2 is 1.38 bits per heavy atom. The van der Waals surface area contributed by atoms with Gasteiger partial charge in [0.25, 0.3) is 0 Å². The highest BCUT2D eigenvalue weighted by atomic mass is 16.3. The van der Waals surface area contributed by atoms with Crippen LogP contribution in [0.25, 0.3) is 17.6 Å². The van der Waals surface area contributed by atoms with E-state index in [1.165, 1.54) is 0 Å². The van der Waals surface area contributed by atoms with Gasteiger partial charge in [-0.05, 0) is 41.8 Å². The molecule has 114 valence electrons. The summed E-state index contributed by atoms with van der Waals surface area (Å²) < 4.78 is 0. The maximum Gasteiger partial charge on any atom is 0.176 e. The molecule has 1 N–H and O–H groups in total. The van der Waals surface area contributed by atoms with Crippen LogP contribution in [0.15, 0.2) is 84.9 Å². The molecule has 0 bridgehead atoms. The van der Waals surface area contributed by atoms with Gasteiger partial charge in [0.15, 0.2) is 5.76 Å². The molecule has 0 aliphatic carbocycles. The summed E-state index contributed by atoms with van der Waals surface area (Å²) in [6.45, 7) is 0. The third-order valence-corrected chi connectivity index (χ3v) is 3.48. The van der Waals surface area contributed by atoms with E-state index >= 15 is 0 Å². The molecule has 0 spiro atoms. The number of hydrogen-bond donors (Lipinski definition) is 1. The summed E-state index contributed by atoms with van der Waals surface area (Å²) in [5, 5.41) is 11.8. The van der Waals surface area contributed by atoms with Gasteiger partial charge < -0.3 is 5.11 Å². The molecule has 0 aliphatic heterocycles. The molecule has 0 fully saturated rings. The van der Waals surface area contributed by atoms with Crippen LogP contribution in [0.3, 0.4) is 0 Å². The molecule has 0 unspecified atom stereocenters. The van der Waals surface area contributed by atoms with E-state index in [1.807, 2.05) is 91.0 Å². The van der Waals surface area contributed by atoms with Gasteiger partial charge in [-0.25, -0.2) is 0 Å². The molecule has 1 nitrogen and oxygen atoms in total. The molecular formula is C23H16O. The van der Waals surface area contributed by atoms with Gasteiger partial charge in [0, 0.05) is 16.0 Å². The first-order valence-electron chi connectivity index (χ1n) is 7.70. The minimum atomic E-state index is 0.0448. The van der Waals surface area contributed by atoms with Gasteiger partial charge in [-0.1, -0.05) is 66.6 Å². The van der Waals surface area contributed by atoms with Crippen molar-refractivity contribution in [2.45, 2.75) is 0 Å². The molecule has 0 heterocycles. The number of benzene rings is 3. The minimum absolute atomic E-state index is 0.0448. The Kier molecular flexibility index (Phi) is 4.95. The molecule has 0 saturated carbocycles. The minimum Gasteiger partial charge on any atom is -0.500 e. The van der Waals surface area contributed by atoms with Gasteiger partial charge in [0.1, 0.15) is 0 Å². The number of aliphatic hydroxyl groups is 1. The molecule has 24 heavy (non-hydrogen) atoms. The van der Waals surface area contributed by atoms with Crippen LogP contribution < -0.4 is 10.4 Å². The molecule has 3 aromatic carbocycles. The number of rotatable bonds is 1. The van der Waals surface area contributed by atoms with Gasteiger partial charge in [-0.2, -0.15) is 0 Å². The van der Waals surface area contributed by atoms with Crippen LogP contribution in [0.5, 0.6) is 0 Å². The Bertz CT molecular complexity index is 1030. The predicted molar refractivity (Wildman–Crippen MR) is 99.4 cm³/mol. The van der Waals surface area contributed by atoms with Crippen molar-refractivity contribution in [2.75, 3.05) is 0 Å². The summed E-state index contributed by atoms with van der Waals surface area (Å²) in [6, 6.07) is 27.1. The predicted octanol–water partition coefficient (Wildman–Crippen LogP) is 3.50. The second-order valence-electron chi connectivity index (χ2n) is 5.21. The Morgan fingerprint density at radius 3 is 2.12 bits per heavy atom. The van der Waals surface area contributed by atoms with E-state index in [4.69, 9.17) is 0 Å². The normalized spacial score (nSPS) is 10.8. The zero-order valence-electron chi connectivity index (χ0n) is 13.1. The van der Waals surface area contributed by atoms with Gasteiger partial charge in [0.2, 0.25) is 0 Å². The van der Waals surface area contributed by atoms with E-state index in [0.29, 0.717) is 5.22 Å². The first-order valence-corrected chi connectivity index (χ1v) is 7.70. The smallest absolute Gasteiger partial charge is 0.176 e. The van der Waals surface area contributed by atoms with Gasteiger partial charge in [-0.15, -0.1) is 5.73 Å². The first-order chi connectivity index (χ1) is 11.8. The monoisotopic (exact) mass is 308 g/mol. The Morgan fingerprint density at radius 1 is 0.750 bits per heavy atom. The van der Waals surface area contributed by atoms with Crippen LogP contribution in [0, 0.1) is 11.8 Å². The summed E-state index contributed by atoms with van der Waals surface area (Å²) in [7, 11) is 0. The van der Waals surface area contributed by atoms with Crippen molar-refractivity contribution < 1.29 is 5.11 Å². The Labute approximate surface area is 141 Å². The quantitative estimate of drug-likeness (QED) is 0.682. The van der Waals surface area contributed by atoms with Crippen molar-refractivity contribution in [1.29, 1.82) is 0 Å². The molecular weight excluding hydrogens is 292 g/mol. The maximum absolute atomic E-state index is 10.3. The van der Waals surface area contributed by atoms with E-state index in [2.05, 4.69) is 17.6 Å². The van der Waals surface area contributed by atoms with Gasteiger partial charge in [0.05, 0.1) is 0 Å². The summed E-state index contributed by atoms with van der Waals surface area (Å²) >= 11 is 0. The topological polar surface area (TPSA) is 20.2 Å². The average molecular weight is 308 g/mol. The third-order valence-electron chi connectivity index (χ3n) is 3.48. The van der Waals surface area contributed by atoms with Crippen LogP contribution in [-0.2, 0) is 0 Å². The van der Waals surface area contributed by atoms with Crippen molar-refractivity contribution in [2.24, 2.45) is 0 Å². The van der Waals surface area contributed by atoms with Crippen LogP contribution in [0.1, 0.15) is 11.1 Å². The fourth-order valence-electron chi connectivity index (χ4n) is 2.25. The highest BCUT2D eigenvalue weighted by Gasteiger charge is 1.92. The lowest BCUT2D eigenvalue weighted by molar-refractivity contribution is 0.515. The van der Waals surface area contributed by atoms with Crippen LogP contribution in [-0.4, -0.2) is 5.11 Å². The van der Waals surface area contributed by atoms with E-state index in [9.17, 15) is 5.11 Å². The van der Waals surface area contributed by atoms with E-state index in [-0.39, 0.29) is 5.76 Å². The molecule has 0 radical (unpaired) electrons. The lowest BCUT2D eigenvalue weighted by Crippen LogP contribution is -2.25. The molecule has 0 aromatic heterocycles. The van der Waals surface area contributed by atoms with Crippen LogP contribution in [0.4, 0.5) is 0 Å². The Hall–Kier alpha value is -3.46. The van der Waals surface area contributed by atoms with Crippen LogP contribution in [0.2, 0.25) is 0 Å². The summed E-state index contributed by atoms with van der Waals surface area (Å²) in [6.07, 6.45) is 1.90. The van der Waals surface area contributed by atoms with Crippen molar-refractivity contribution in [3.8, 4) is 11.8 Å². The maximum atomic E-state index is 10.3. The highest BCUT2D eigenvalue weighted by molar-refractivity contribution is 5.62. The molecule has 0 saturated heterocycles. The Balaban J connectivity index is 2.09. The van der Waals surface area contributed by atoms with Crippen molar-refractivity contribution in [3.63, 3.8) is 0 Å². The van der Waals surface area contributed by atoms with Gasteiger partial charge >= 0.3 is 0 Å². The van der Waals surface area contributed by atoms with Gasteiger partial charge in [-0.3, -0.25) is 0 Å². The average Bonchev–Trinajstić information content (AvgIpc) is 2.66. The SMILES string of the molecule is O/C(C#Cc1ccccc1)=c1\ccccc1=C=Cc1ccccc1. The summed E-state index contributed by atoms with van der Waals surface area (Å²) in [4.78, 5) is 0. The lowest BCUT2D eigenvalue weighted by Gasteiger charge is -1.92. The van der Waals surface area contributed by atoms with E-state index in [0.717, 1.165) is 16.3 Å². The molecule has 0 amide bonds. The zero-order chi connectivity index (χ0) is 16.6. The summed E-state index contributed by atoms with van der Waals surface area (Å²) in [5.74, 6) is 5.84. The van der Waals surface area contributed by atoms with Crippen molar-refractivity contribution >= 4 is 17.6 Å². The number of hydrogen-bond acceptors (Lipinski definition) is 1. The van der Waals surface area contributed by atoms with E-state index < -0.39 is 0 Å². The first kappa shape index (κ1) is 15.4. The molecule has 1 heteroatoms. The largest absolute Gasteiger partial charge is 0.500 e. The zero-order valence-corrected chi connectivity index (χ0v) is 13.1. The lowest BCUT2D eigenvalue weighted by atomic mass is 10.2. The standard InChI is InChI=1S/C23H16O/c24-23(18-16-20-11-5-2-6-12-20)22-14-8-7-13-21(22)17-15-19-9-3-1-4-10-19/h1-15,24H/b23-22+. The second-order valence-corrected chi connectivity index (χ2v) is 5.21. The third kappa shape index (κ3) is 4.05. The molecule has 3 rings (SSSR count). The number of aliphatic hydroxyl groups excluding tert-OH is 1. The van der Waals surface area contributed by atoms with Crippen molar-refractivity contribution in [3.05, 3.63) is 106 Å². The fraction of sp³-hybridized carbons (Fsp3) is 0. The molecule has 3 aromatic rings. The van der Waals surface area contributed by atoms with Crippen molar-refractivity contribution in [1.82, 2.24) is 0 Å². The highest BCUT2D eigenvalue weighted by Crippen LogP contribution is 1.99. The fourth-order valence-corrected chi connectivity index (χ4v) is 2.25. The second kappa shape index (κ2) is 7.70. The summed E-state index contributed by atoms with van der Waals surface area (Å²) in [5.41, 5.74) is 5.16. The van der Waals surface area contributed by atoms with E-state index in [1.54, 1.807) is 0 Å². The molecule has 0 aliphatic rings. The van der Waals surface area contributed by atoms with Crippen LogP contribution >= 0.6 is 0 Å².